The molecule has 1 saturated carbocycles. The molecule has 0 bridgehead atoms. The molecule has 18 heavy (non-hydrogen) atoms. The number of hydrogen-bond donors (Lipinski definition) is 1. The minimum atomic E-state index is -0.0514. The van der Waals surface area contributed by atoms with E-state index in [4.69, 9.17) is 0 Å². The van der Waals surface area contributed by atoms with Gasteiger partial charge in [-0.25, -0.2) is 0 Å². The number of rotatable bonds is 4. The van der Waals surface area contributed by atoms with Crippen LogP contribution in [0.1, 0.15) is 59.3 Å². The Morgan fingerprint density at radius 3 is 2.17 bits per heavy atom. The molecule has 0 aromatic rings. The highest BCUT2D eigenvalue weighted by Crippen LogP contribution is 2.21. The first-order valence-corrected chi connectivity index (χ1v) is 7.07. The molecule has 0 spiro atoms. The largest absolute Gasteiger partial charge is 0.352 e. The average molecular weight is 254 g/mol. The highest BCUT2D eigenvalue weighted by atomic mass is 16.2. The lowest BCUT2D eigenvalue weighted by atomic mass is 10.1. The molecule has 0 unspecified atom stereocenters. The van der Waals surface area contributed by atoms with Gasteiger partial charge in [0.1, 0.15) is 0 Å². The third-order valence-corrected chi connectivity index (χ3v) is 3.43. The highest BCUT2D eigenvalue weighted by molar-refractivity contribution is 5.84. The van der Waals surface area contributed by atoms with Crippen molar-refractivity contribution in [2.45, 2.75) is 71.4 Å². The van der Waals surface area contributed by atoms with Gasteiger partial charge in [-0.3, -0.25) is 9.59 Å². The minimum absolute atomic E-state index is 0.0146. The summed E-state index contributed by atoms with van der Waals surface area (Å²) in [5.41, 5.74) is 0. The van der Waals surface area contributed by atoms with Gasteiger partial charge in [0.05, 0.1) is 6.54 Å². The third-order valence-electron chi connectivity index (χ3n) is 3.43. The second-order valence-electron chi connectivity index (χ2n) is 5.51. The van der Waals surface area contributed by atoms with Gasteiger partial charge in [0.2, 0.25) is 11.8 Å². The summed E-state index contributed by atoms with van der Waals surface area (Å²) in [6.07, 6.45) is 6.91. The van der Waals surface area contributed by atoms with Gasteiger partial charge in [-0.05, 0) is 26.7 Å². The van der Waals surface area contributed by atoms with E-state index in [0.29, 0.717) is 0 Å². The van der Waals surface area contributed by atoms with E-state index in [1.807, 2.05) is 13.8 Å². The van der Waals surface area contributed by atoms with Crippen molar-refractivity contribution < 1.29 is 9.59 Å². The molecule has 1 aliphatic rings. The average Bonchev–Trinajstić information content (AvgIpc) is 2.52. The second kappa shape index (κ2) is 7.39. The van der Waals surface area contributed by atoms with Crippen molar-refractivity contribution in [3.63, 3.8) is 0 Å². The van der Waals surface area contributed by atoms with E-state index in [0.717, 1.165) is 12.8 Å². The molecule has 0 radical (unpaired) electrons. The summed E-state index contributed by atoms with van der Waals surface area (Å²) in [7, 11) is 0. The standard InChI is InChI=1S/C14H26N2O2/c1-11(2)15-14(18)10-16(12(3)17)13-8-6-4-5-7-9-13/h11,13H,4-10H2,1-3H3,(H,15,18). The van der Waals surface area contributed by atoms with E-state index >= 15 is 0 Å². The summed E-state index contributed by atoms with van der Waals surface area (Å²) < 4.78 is 0. The van der Waals surface area contributed by atoms with Crippen LogP contribution in [0.25, 0.3) is 0 Å². The SMILES string of the molecule is CC(=O)N(CC(=O)NC(C)C)C1CCCCCC1. The molecule has 1 rings (SSSR count). The Labute approximate surface area is 110 Å². The summed E-state index contributed by atoms with van der Waals surface area (Å²) in [4.78, 5) is 25.3. The van der Waals surface area contributed by atoms with Crippen molar-refractivity contribution in [2.24, 2.45) is 0 Å². The quantitative estimate of drug-likeness (QED) is 0.781. The van der Waals surface area contributed by atoms with Crippen LogP contribution in [0.15, 0.2) is 0 Å². The van der Waals surface area contributed by atoms with Crippen LogP contribution in [0, 0.1) is 0 Å². The smallest absolute Gasteiger partial charge is 0.239 e. The number of carbonyl (C=O) groups is 2. The van der Waals surface area contributed by atoms with Crippen LogP contribution < -0.4 is 5.32 Å². The Hall–Kier alpha value is -1.06. The van der Waals surface area contributed by atoms with Gasteiger partial charge in [0.25, 0.3) is 0 Å². The van der Waals surface area contributed by atoms with E-state index in [1.54, 1.807) is 11.8 Å². The zero-order valence-electron chi connectivity index (χ0n) is 11.9. The van der Waals surface area contributed by atoms with Crippen LogP contribution in [0.3, 0.4) is 0 Å². The van der Waals surface area contributed by atoms with Crippen molar-refractivity contribution in [3.05, 3.63) is 0 Å². The summed E-state index contributed by atoms with van der Waals surface area (Å²) in [6, 6.07) is 0.378. The van der Waals surface area contributed by atoms with E-state index in [1.165, 1.54) is 25.7 Å². The molecule has 1 aliphatic carbocycles. The van der Waals surface area contributed by atoms with Gasteiger partial charge >= 0.3 is 0 Å². The maximum atomic E-state index is 11.8. The molecule has 0 aromatic heterocycles. The van der Waals surface area contributed by atoms with Gasteiger partial charge in [-0.1, -0.05) is 25.7 Å². The van der Waals surface area contributed by atoms with E-state index in [9.17, 15) is 9.59 Å². The molecule has 0 saturated heterocycles. The summed E-state index contributed by atoms with van der Waals surface area (Å²) >= 11 is 0. The molecule has 0 aromatic carbocycles. The minimum Gasteiger partial charge on any atom is -0.352 e. The van der Waals surface area contributed by atoms with Crippen LogP contribution in [-0.2, 0) is 9.59 Å². The molecular formula is C14H26N2O2. The highest BCUT2D eigenvalue weighted by Gasteiger charge is 2.24. The maximum Gasteiger partial charge on any atom is 0.239 e. The van der Waals surface area contributed by atoms with Crippen LogP contribution in [0.5, 0.6) is 0 Å². The second-order valence-corrected chi connectivity index (χ2v) is 5.51. The van der Waals surface area contributed by atoms with Crippen molar-refractivity contribution >= 4 is 11.8 Å². The van der Waals surface area contributed by atoms with Gasteiger partial charge in [-0.15, -0.1) is 0 Å². The molecular weight excluding hydrogens is 228 g/mol. The maximum absolute atomic E-state index is 11.8. The topological polar surface area (TPSA) is 49.4 Å². The van der Waals surface area contributed by atoms with E-state index < -0.39 is 0 Å². The number of nitrogens with one attached hydrogen (secondary N) is 1. The summed E-state index contributed by atoms with van der Waals surface area (Å²) in [5.74, 6) is -0.0368. The Kier molecular flexibility index (Phi) is 6.16. The van der Waals surface area contributed by atoms with Gasteiger partial charge in [-0.2, -0.15) is 0 Å². The Morgan fingerprint density at radius 1 is 1.17 bits per heavy atom. The fraction of sp³-hybridized carbons (Fsp3) is 0.857. The molecule has 4 nitrogen and oxygen atoms in total. The Balaban J connectivity index is 2.58. The van der Waals surface area contributed by atoms with Crippen molar-refractivity contribution in [1.82, 2.24) is 10.2 Å². The van der Waals surface area contributed by atoms with Crippen molar-refractivity contribution in [2.75, 3.05) is 6.54 Å². The molecule has 2 amide bonds. The summed E-state index contributed by atoms with van der Waals surface area (Å²) in [6.45, 7) is 5.63. The molecule has 0 atom stereocenters. The fourth-order valence-corrected chi connectivity index (χ4v) is 2.59. The van der Waals surface area contributed by atoms with Crippen LogP contribution in [0.4, 0.5) is 0 Å². The predicted octanol–water partition coefficient (Wildman–Crippen LogP) is 2.08. The van der Waals surface area contributed by atoms with Crippen molar-refractivity contribution in [3.8, 4) is 0 Å². The number of nitrogens with zero attached hydrogens (tertiary/aromatic N) is 1. The zero-order chi connectivity index (χ0) is 13.5. The first-order valence-electron chi connectivity index (χ1n) is 7.07. The first kappa shape index (κ1) is 15.0. The van der Waals surface area contributed by atoms with Crippen LogP contribution >= 0.6 is 0 Å². The zero-order valence-corrected chi connectivity index (χ0v) is 11.9. The van der Waals surface area contributed by atoms with Crippen molar-refractivity contribution in [1.29, 1.82) is 0 Å². The van der Waals surface area contributed by atoms with Crippen LogP contribution in [0.2, 0.25) is 0 Å². The number of carbonyl (C=O) groups excluding carboxylic acids is 2. The fourth-order valence-electron chi connectivity index (χ4n) is 2.59. The van der Waals surface area contributed by atoms with Gasteiger partial charge in [0, 0.05) is 19.0 Å². The third kappa shape index (κ3) is 5.07. The molecule has 1 N–H and O–H groups in total. The monoisotopic (exact) mass is 254 g/mol. The molecule has 0 aliphatic heterocycles. The molecule has 104 valence electrons. The predicted molar refractivity (Wildman–Crippen MR) is 72.2 cm³/mol. The molecule has 0 heterocycles. The normalized spacial score (nSPS) is 17.3. The Bertz CT molecular complexity index is 282. The lowest BCUT2D eigenvalue weighted by Gasteiger charge is -2.30. The van der Waals surface area contributed by atoms with Gasteiger partial charge < -0.3 is 10.2 Å². The number of amides is 2. The lowest BCUT2D eigenvalue weighted by Crippen LogP contribution is -2.46. The Morgan fingerprint density at radius 2 is 1.72 bits per heavy atom. The summed E-state index contributed by atoms with van der Waals surface area (Å²) in [5, 5.41) is 2.85. The van der Waals surface area contributed by atoms with E-state index in [2.05, 4.69) is 5.32 Å². The molecule has 1 fully saturated rings. The van der Waals surface area contributed by atoms with E-state index in [-0.39, 0.29) is 30.4 Å². The molecule has 4 heteroatoms. The number of hydrogen-bond acceptors (Lipinski definition) is 2. The lowest BCUT2D eigenvalue weighted by molar-refractivity contribution is -0.137. The van der Waals surface area contributed by atoms with Crippen LogP contribution in [-0.4, -0.2) is 35.3 Å². The van der Waals surface area contributed by atoms with Gasteiger partial charge in [0.15, 0.2) is 0 Å². The first-order chi connectivity index (χ1) is 8.50.